The molecule has 10 heteroatoms. The molecule has 0 unspecified atom stereocenters. The fourth-order valence-corrected chi connectivity index (χ4v) is 5.24. The zero-order valence-corrected chi connectivity index (χ0v) is 21.9. The summed E-state index contributed by atoms with van der Waals surface area (Å²) < 4.78 is 4.88. The molecule has 10 nitrogen and oxygen atoms in total. The summed E-state index contributed by atoms with van der Waals surface area (Å²) in [6.07, 6.45) is 2.07. The van der Waals surface area contributed by atoms with Crippen molar-refractivity contribution in [2.45, 2.75) is 32.9 Å². The Morgan fingerprint density at radius 2 is 1.60 bits per heavy atom. The minimum absolute atomic E-state index is 0.287. The molecule has 7 rings (SSSR count). The lowest BCUT2D eigenvalue weighted by Gasteiger charge is -2.13. The molecule has 0 aliphatic heterocycles. The monoisotopic (exact) mass is 530 g/mol. The van der Waals surface area contributed by atoms with Gasteiger partial charge in [-0.3, -0.25) is 9.36 Å². The third-order valence-corrected chi connectivity index (χ3v) is 7.49. The number of hydrogen-bond acceptors (Lipinski definition) is 6. The smallest absolute Gasteiger partial charge is 0.318 e. The number of imidazole rings is 1. The van der Waals surface area contributed by atoms with Gasteiger partial charge in [0.2, 0.25) is 5.82 Å². The molecule has 1 N–H and O–H groups in total. The van der Waals surface area contributed by atoms with Crippen LogP contribution in [-0.4, -0.2) is 39.3 Å². The fourth-order valence-electron chi connectivity index (χ4n) is 5.24. The Morgan fingerprint density at radius 1 is 0.875 bits per heavy atom. The van der Waals surface area contributed by atoms with Crippen LogP contribution >= 0.6 is 0 Å². The molecule has 40 heavy (non-hydrogen) atoms. The number of fused-ring (bicyclic) bond motifs is 1. The van der Waals surface area contributed by atoms with Gasteiger partial charge in [-0.15, -0.1) is 10.2 Å². The van der Waals surface area contributed by atoms with Crippen LogP contribution in [-0.2, 0) is 13.1 Å². The topological polar surface area (TPSA) is 116 Å². The third-order valence-electron chi connectivity index (χ3n) is 7.49. The van der Waals surface area contributed by atoms with Crippen LogP contribution in [0.4, 0.5) is 0 Å². The first-order valence-corrected chi connectivity index (χ1v) is 13.3. The molecule has 3 aromatic carbocycles. The Labute approximate surface area is 228 Å². The molecule has 3 aromatic heterocycles. The van der Waals surface area contributed by atoms with Gasteiger partial charge in [0.15, 0.2) is 11.2 Å². The van der Waals surface area contributed by atoms with Crippen LogP contribution in [0, 0.1) is 12.8 Å². The standard InChI is InChI=1S/C30H26N8O2/c1-19-31-28-26(29(39)37(18-20-11-12-20)30(40)38(28)23-7-3-2-4-8-23)36(19)17-21-13-15-22(16-14-21)24-9-5-6-10-25(24)27-32-34-35-33-27/h2-10,13-16,20H,11-12,17-18H2,1H3,(H,32,33,34,35). The second-order valence-electron chi connectivity index (χ2n) is 10.2. The molecule has 0 bridgehead atoms. The summed E-state index contributed by atoms with van der Waals surface area (Å²) in [4.78, 5) is 32.1. The summed E-state index contributed by atoms with van der Waals surface area (Å²) in [5.74, 6) is 1.58. The van der Waals surface area contributed by atoms with Crippen LogP contribution in [0.15, 0.2) is 88.5 Å². The summed E-state index contributed by atoms with van der Waals surface area (Å²) in [6.45, 7) is 2.75. The van der Waals surface area contributed by atoms with Gasteiger partial charge in [0.1, 0.15) is 5.82 Å². The van der Waals surface area contributed by atoms with Crippen molar-refractivity contribution in [2.24, 2.45) is 5.92 Å². The summed E-state index contributed by atoms with van der Waals surface area (Å²) >= 11 is 0. The van der Waals surface area contributed by atoms with Crippen molar-refractivity contribution in [3.63, 3.8) is 0 Å². The van der Waals surface area contributed by atoms with Gasteiger partial charge in [-0.05, 0) is 59.7 Å². The van der Waals surface area contributed by atoms with Crippen LogP contribution in [0.3, 0.4) is 0 Å². The summed E-state index contributed by atoms with van der Waals surface area (Å²) in [5, 5.41) is 14.5. The van der Waals surface area contributed by atoms with E-state index in [-0.39, 0.29) is 11.2 Å². The van der Waals surface area contributed by atoms with Crippen LogP contribution in [0.5, 0.6) is 0 Å². The van der Waals surface area contributed by atoms with E-state index in [0.717, 1.165) is 35.1 Å². The van der Waals surface area contributed by atoms with Crippen LogP contribution < -0.4 is 11.2 Å². The number of aromatic nitrogens is 8. The number of tetrazole rings is 1. The second-order valence-corrected chi connectivity index (χ2v) is 10.2. The first kappa shape index (κ1) is 24.0. The van der Waals surface area contributed by atoms with Crippen LogP contribution in [0.1, 0.15) is 24.2 Å². The van der Waals surface area contributed by atoms with Gasteiger partial charge in [-0.2, -0.15) is 5.21 Å². The Balaban J connectivity index is 1.31. The Hall–Kier alpha value is -5.12. The number of nitrogens with one attached hydrogen (secondary N) is 1. The summed E-state index contributed by atoms with van der Waals surface area (Å²) in [5.41, 5.74) is 4.79. The van der Waals surface area contributed by atoms with E-state index < -0.39 is 0 Å². The lowest BCUT2D eigenvalue weighted by atomic mass is 9.98. The van der Waals surface area contributed by atoms with Crippen molar-refractivity contribution in [1.29, 1.82) is 0 Å². The van der Waals surface area contributed by atoms with Gasteiger partial charge >= 0.3 is 5.69 Å². The van der Waals surface area contributed by atoms with Crippen molar-refractivity contribution >= 4 is 11.2 Å². The molecule has 0 amide bonds. The fraction of sp³-hybridized carbons (Fsp3) is 0.200. The van der Waals surface area contributed by atoms with E-state index in [1.807, 2.05) is 90.4 Å². The maximum atomic E-state index is 13.8. The zero-order valence-electron chi connectivity index (χ0n) is 21.9. The number of aryl methyl sites for hydroxylation is 1. The highest BCUT2D eigenvalue weighted by atomic mass is 16.2. The van der Waals surface area contributed by atoms with Crippen molar-refractivity contribution in [1.82, 2.24) is 39.3 Å². The first-order chi connectivity index (χ1) is 19.6. The van der Waals surface area contributed by atoms with Gasteiger partial charge in [0.25, 0.3) is 5.56 Å². The van der Waals surface area contributed by atoms with Gasteiger partial charge in [-0.1, -0.05) is 66.7 Å². The zero-order chi connectivity index (χ0) is 27.2. The molecule has 0 radical (unpaired) electrons. The number of H-pyrrole nitrogens is 1. The average molecular weight is 531 g/mol. The number of para-hydroxylation sites is 1. The van der Waals surface area contributed by atoms with Crippen molar-refractivity contribution in [3.8, 4) is 28.2 Å². The molecule has 0 atom stereocenters. The van der Waals surface area contributed by atoms with E-state index in [4.69, 9.17) is 4.98 Å². The summed E-state index contributed by atoms with van der Waals surface area (Å²) in [6, 6.07) is 25.5. The Kier molecular flexibility index (Phi) is 5.73. The first-order valence-electron chi connectivity index (χ1n) is 13.3. The third kappa shape index (κ3) is 4.14. The van der Waals surface area contributed by atoms with Gasteiger partial charge in [0.05, 0.1) is 5.69 Å². The number of aromatic amines is 1. The van der Waals surface area contributed by atoms with E-state index in [1.54, 1.807) is 4.57 Å². The second kappa shape index (κ2) is 9.57. The quantitative estimate of drug-likeness (QED) is 0.334. The number of rotatable bonds is 7. The molecule has 3 heterocycles. The molecule has 0 saturated heterocycles. The largest absolute Gasteiger partial charge is 0.337 e. The van der Waals surface area contributed by atoms with Crippen molar-refractivity contribution in [3.05, 3.63) is 111 Å². The van der Waals surface area contributed by atoms with Crippen LogP contribution in [0.25, 0.3) is 39.4 Å². The Bertz CT molecular complexity index is 1950. The molecule has 1 fully saturated rings. The number of benzene rings is 3. The van der Waals surface area contributed by atoms with Crippen molar-refractivity contribution < 1.29 is 0 Å². The predicted octanol–water partition coefficient (Wildman–Crippen LogP) is 3.96. The number of hydrogen-bond donors (Lipinski definition) is 1. The van der Waals surface area contributed by atoms with E-state index in [1.165, 1.54) is 4.57 Å². The molecular weight excluding hydrogens is 504 g/mol. The average Bonchev–Trinajstić information content (AvgIpc) is 3.52. The highest BCUT2D eigenvalue weighted by molar-refractivity contribution is 5.80. The van der Waals surface area contributed by atoms with Gasteiger partial charge in [-0.25, -0.2) is 14.3 Å². The molecule has 198 valence electrons. The molecular formula is C30H26N8O2. The molecule has 1 aliphatic rings. The van der Waals surface area contributed by atoms with Gasteiger partial charge < -0.3 is 4.57 Å². The van der Waals surface area contributed by atoms with Gasteiger partial charge in [0, 0.05) is 18.7 Å². The SMILES string of the molecule is Cc1nc2c(c(=O)n(CC3CC3)c(=O)n2-c2ccccc2)n1Cc1ccc(-c2ccccc2-c2nn[nH]n2)cc1. The minimum Gasteiger partial charge on any atom is -0.318 e. The predicted molar refractivity (Wildman–Crippen MR) is 151 cm³/mol. The molecule has 1 saturated carbocycles. The maximum Gasteiger partial charge on any atom is 0.337 e. The van der Waals surface area contributed by atoms with E-state index in [9.17, 15) is 9.59 Å². The highest BCUT2D eigenvalue weighted by Gasteiger charge is 2.27. The molecule has 6 aromatic rings. The Morgan fingerprint density at radius 3 is 2.30 bits per heavy atom. The molecule has 1 aliphatic carbocycles. The lowest BCUT2D eigenvalue weighted by molar-refractivity contribution is 0.567. The number of nitrogens with zero attached hydrogens (tertiary/aromatic N) is 7. The van der Waals surface area contributed by atoms with Crippen LogP contribution in [0.2, 0.25) is 0 Å². The maximum absolute atomic E-state index is 13.8. The lowest BCUT2D eigenvalue weighted by Crippen LogP contribution is -2.40. The normalized spacial score (nSPS) is 13.2. The summed E-state index contributed by atoms with van der Waals surface area (Å²) in [7, 11) is 0. The minimum atomic E-state index is -0.343. The van der Waals surface area contributed by atoms with E-state index in [0.29, 0.717) is 47.5 Å². The van der Waals surface area contributed by atoms with Crippen molar-refractivity contribution in [2.75, 3.05) is 0 Å². The van der Waals surface area contributed by atoms with E-state index in [2.05, 4.69) is 20.6 Å². The van der Waals surface area contributed by atoms with E-state index >= 15 is 0 Å². The highest BCUT2D eigenvalue weighted by Crippen LogP contribution is 2.31. The molecule has 0 spiro atoms.